The summed E-state index contributed by atoms with van der Waals surface area (Å²) in [4.78, 5) is 0. The Morgan fingerprint density at radius 3 is 1.67 bits per heavy atom. The van der Waals surface area contributed by atoms with Gasteiger partial charge in [0.25, 0.3) is 0 Å². The molecule has 0 aromatic carbocycles. The fraction of sp³-hybridized carbons (Fsp3) is 0.500. The summed E-state index contributed by atoms with van der Waals surface area (Å²) in [7, 11) is 0. The van der Waals surface area contributed by atoms with Crippen LogP contribution in [0.15, 0.2) is 15.5 Å². The molecule has 12 heavy (non-hydrogen) atoms. The molecule has 1 aliphatic rings. The van der Waals surface area contributed by atoms with Crippen LogP contribution in [0.4, 0.5) is 0 Å². The molecule has 0 amide bonds. The van der Waals surface area contributed by atoms with Gasteiger partial charge in [0.05, 0.1) is 0 Å². The summed E-state index contributed by atoms with van der Waals surface area (Å²) in [6.45, 7) is 0. The third-order valence-electron chi connectivity index (χ3n) is 1.72. The monoisotopic (exact) mass is 171 g/mol. The second-order valence-electron chi connectivity index (χ2n) is 2.40. The maximum absolute atomic E-state index is 8.50. The zero-order valence-corrected chi connectivity index (χ0v) is 6.30. The fourth-order valence-electron chi connectivity index (χ4n) is 1.14. The van der Waals surface area contributed by atoms with Crippen LogP contribution in [0.2, 0.25) is 0 Å². The first kappa shape index (κ1) is 8.51. The summed E-state index contributed by atoms with van der Waals surface area (Å²) in [5.41, 5.74) is 0.555. The van der Waals surface area contributed by atoms with Crippen molar-refractivity contribution in [2.75, 3.05) is 0 Å². The highest BCUT2D eigenvalue weighted by Crippen LogP contribution is 2.11. The Hall–Kier alpha value is -1.59. The number of nitrogens with zero attached hydrogens (tertiary/aromatic N) is 3. The Balaban J connectivity index is 2.97. The van der Waals surface area contributed by atoms with Crippen molar-refractivity contribution >= 4 is 17.1 Å². The Bertz CT molecular complexity index is 235. The van der Waals surface area contributed by atoms with E-state index in [0.29, 0.717) is 12.8 Å². The number of rotatable bonds is 0. The SMILES string of the molecule is ON=C1/C(=N/O)CCC/C1=N\O. The first-order valence-electron chi connectivity index (χ1n) is 3.48. The molecule has 0 aliphatic heterocycles. The van der Waals surface area contributed by atoms with Crippen LogP contribution in [-0.4, -0.2) is 32.8 Å². The average molecular weight is 171 g/mol. The van der Waals surface area contributed by atoms with E-state index in [1.807, 2.05) is 0 Å². The minimum absolute atomic E-state index is 0.0613. The van der Waals surface area contributed by atoms with Gasteiger partial charge in [-0.05, 0) is 19.3 Å². The van der Waals surface area contributed by atoms with Crippen LogP contribution in [0.1, 0.15) is 19.3 Å². The van der Waals surface area contributed by atoms with Crippen molar-refractivity contribution in [2.24, 2.45) is 15.5 Å². The molecule has 66 valence electrons. The normalized spacial score (nSPS) is 24.8. The lowest BCUT2D eigenvalue weighted by molar-refractivity contribution is 0.309. The van der Waals surface area contributed by atoms with E-state index in [4.69, 9.17) is 15.6 Å². The molecule has 0 aromatic rings. The number of hydrogen-bond donors (Lipinski definition) is 3. The second kappa shape index (κ2) is 3.70. The predicted octanol–water partition coefficient (Wildman–Crippen LogP) is 0.661. The molecule has 1 saturated carbocycles. The van der Waals surface area contributed by atoms with Crippen LogP contribution in [0.5, 0.6) is 0 Å². The molecule has 1 aliphatic carbocycles. The lowest BCUT2D eigenvalue weighted by Crippen LogP contribution is -2.29. The summed E-state index contributed by atoms with van der Waals surface area (Å²) in [5, 5.41) is 34.2. The average Bonchev–Trinajstić information content (AvgIpc) is 2.16. The van der Waals surface area contributed by atoms with E-state index in [2.05, 4.69) is 15.5 Å². The van der Waals surface area contributed by atoms with E-state index in [1.54, 1.807) is 0 Å². The van der Waals surface area contributed by atoms with E-state index in [9.17, 15) is 0 Å². The van der Waals surface area contributed by atoms with E-state index in [-0.39, 0.29) is 17.1 Å². The molecular formula is C6H9N3O3. The molecule has 6 heteroatoms. The molecule has 1 rings (SSSR count). The summed E-state index contributed by atoms with van der Waals surface area (Å²) in [6, 6.07) is 0. The van der Waals surface area contributed by atoms with Crippen LogP contribution in [0, 0.1) is 0 Å². The van der Waals surface area contributed by atoms with Gasteiger partial charge in [-0.15, -0.1) is 0 Å². The van der Waals surface area contributed by atoms with Crippen LogP contribution in [0.25, 0.3) is 0 Å². The third-order valence-corrected chi connectivity index (χ3v) is 1.72. The molecule has 0 spiro atoms. The van der Waals surface area contributed by atoms with Gasteiger partial charge in [0.1, 0.15) is 11.4 Å². The van der Waals surface area contributed by atoms with Crippen molar-refractivity contribution in [2.45, 2.75) is 19.3 Å². The molecule has 0 unspecified atom stereocenters. The van der Waals surface area contributed by atoms with Crippen LogP contribution in [0.3, 0.4) is 0 Å². The maximum atomic E-state index is 8.50. The fourth-order valence-corrected chi connectivity index (χ4v) is 1.14. The van der Waals surface area contributed by atoms with Gasteiger partial charge in [-0.1, -0.05) is 15.5 Å². The topological polar surface area (TPSA) is 97.8 Å². The largest absolute Gasteiger partial charge is 0.411 e. The van der Waals surface area contributed by atoms with Crippen LogP contribution >= 0.6 is 0 Å². The highest BCUT2D eigenvalue weighted by molar-refractivity contribution is 6.69. The molecule has 0 atom stereocenters. The Morgan fingerprint density at radius 1 is 0.833 bits per heavy atom. The third kappa shape index (κ3) is 1.36. The lowest BCUT2D eigenvalue weighted by atomic mass is 9.94. The second-order valence-corrected chi connectivity index (χ2v) is 2.40. The molecule has 0 saturated heterocycles. The zero-order valence-electron chi connectivity index (χ0n) is 6.30. The van der Waals surface area contributed by atoms with E-state index in [0.717, 1.165) is 6.42 Å². The standard InChI is InChI=1S/C6H9N3O3/c10-7-4-2-1-3-5(8-11)6(4)9-12/h10-12H,1-3H2/b7-4+,8-5+. The van der Waals surface area contributed by atoms with Gasteiger partial charge < -0.3 is 15.6 Å². The summed E-state index contributed by atoms with van der Waals surface area (Å²) in [5.74, 6) is 0. The van der Waals surface area contributed by atoms with Crippen molar-refractivity contribution < 1.29 is 15.6 Å². The molecule has 0 heterocycles. The van der Waals surface area contributed by atoms with E-state index in [1.165, 1.54) is 0 Å². The van der Waals surface area contributed by atoms with Gasteiger partial charge in [-0.2, -0.15) is 0 Å². The molecule has 0 radical (unpaired) electrons. The van der Waals surface area contributed by atoms with Crippen molar-refractivity contribution in [1.29, 1.82) is 0 Å². The van der Waals surface area contributed by atoms with Crippen molar-refractivity contribution in [3.05, 3.63) is 0 Å². The Morgan fingerprint density at radius 2 is 1.33 bits per heavy atom. The molecule has 6 nitrogen and oxygen atoms in total. The number of oxime groups is 3. The highest BCUT2D eigenvalue weighted by Gasteiger charge is 2.23. The van der Waals surface area contributed by atoms with E-state index >= 15 is 0 Å². The molecule has 1 fully saturated rings. The van der Waals surface area contributed by atoms with Gasteiger partial charge in [0.15, 0.2) is 5.71 Å². The first-order chi connectivity index (χ1) is 5.83. The van der Waals surface area contributed by atoms with Gasteiger partial charge >= 0.3 is 0 Å². The zero-order chi connectivity index (χ0) is 8.97. The Labute approximate surface area is 68.5 Å². The molecular weight excluding hydrogens is 162 g/mol. The molecule has 0 bridgehead atoms. The highest BCUT2D eigenvalue weighted by atomic mass is 16.4. The quantitative estimate of drug-likeness (QED) is 0.369. The minimum Gasteiger partial charge on any atom is -0.411 e. The van der Waals surface area contributed by atoms with Gasteiger partial charge in [0.2, 0.25) is 0 Å². The summed E-state index contributed by atoms with van der Waals surface area (Å²) >= 11 is 0. The number of hydrogen-bond acceptors (Lipinski definition) is 6. The van der Waals surface area contributed by atoms with Gasteiger partial charge in [0, 0.05) is 0 Å². The van der Waals surface area contributed by atoms with Crippen LogP contribution in [-0.2, 0) is 0 Å². The van der Waals surface area contributed by atoms with Gasteiger partial charge in [-0.3, -0.25) is 0 Å². The smallest absolute Gasteiger partial charge is 0.152 e. The first-order valence-corrected chi connectivity index (χ1v) is 3.48. The molecule has 3 N–H and O–H groups in total. The summed E-state index contributed by atoms with van der Waals surface area (Å²) < 4.78 is 0. The lowest BCUT2D eigenvalue weighted by Gasteiger charge is -2.13. The van der Waals surface area contributed by atoms with Crippen LogP contribution < -0.4 is 0 Å². The van der Waals surface area contributed by atoms with Crippen molar-refractivity contribution in [3.8, 4) is 0 Å². The Kier molecular flexibility index (Phi) is 2.62. The van der Waals surface area contributed by atoms with Crippen molar-refractivity contribution in [3.63, 3.8) is 0 Å². The predicted molar refractivity (Wildman–Crippen MR) is 41.5 cm³/mol. The summed E-state index contributed by atoms with van der Waals surface area (Å²) in [6.07, 6.45) is 1.77. The maximum Gasteiger partial charge on any atom is 0.152 e. The molecule has 0 aromatic heterocycles. The van der Waals surface area contributed by atoms with E-state index < -0.39 is 0 Å². The van der Waals surface area contributed by atoms with Crippen molar-refractivity contribution in [1.82, 2.24) is 0 Å². The van der Waals surface area contributed by atoms with Gasteiger partial charge in [-0.25, -0.2) is 0 Å². The minimum atomic E-state index is 0.0613.